The SMILES string of the molecule is CCCCCCCCCCCCCCCCCOCCOCCOCCOCCOCCOCCOCCOCCOCCOCCOCCOCCOCCOCCOCCOCCOCCOCCOCCOCCOCCOCCOCCOCCOCCOCCOCCOCCOCCO. The zero-order valence-corrected chi connectivity index (χ0v) is 65.6. The first-order valence-electron chi connectivity index (χ1n) is 39.8. The monoisotopic (exact) mass is 1530 g/mol. The van der Waals surface area contributed by atoms with Gasteiger partial charge in [0.15, 0.2) is 0 Å². The summed E-state index contributed by atoms with van der Waals surface area (Å²) in [5.41, 5.74) is 0. The summed E-state index contributed by atoms with van der Waals surface area (Å²) in [7, 11) is 0. The lowest BCUT2D eigenvalue weighted by molar-refractivity contribution is -0.0324. The summed E-state index contributed by atoms with van der Waals surface area (Å²) in [6.45, 7) is 31.2. The molecule has 0 aromatic rings. The van der Waals surface area contributed by atoms with Crippen LogP contribution in [0, 0.1) is 0 Å². The molecule has 0 aromatic carbocycles. The zero-order chi connectivity index (χ0) is 74.8. The average molecular weight is 1530 g/mol. The third-order valence-corrected chi connectivity index (χ3v) is 14.5. The average Bonchev–Trinajstić information content (AvgIpc) is 3.78. The van der Waals surface area contributed by atoms with E-state index in [1.165, 1.54) is 89.9 Å². The van der Waals surface area contributed by atoms with E-state index in [2.05, 4.69) is 6.92 Å². The van der Waals surface area contributed by atoms with Gasteiger partial charge in [0.2, 0.25) is 0 Å². The van der Waals surface area contributed by atoms with E-state index >= 15 is 0 Å². The lowest BCUT2D eigenvalue weighted by Gasteiger charge is -2.09. The third-order valence-electron chi connectivity index (χ3n) is 14.5. The second-order valence-electron chi connectivity index (χ2n) is 23.4. The van der Waals surface area contributed by atoms with Crippen molar-refractivity contribution in [3.8, 4) is 0 Å². The van der Waals surface area contributed by atoms with Crippen molar-refractivity contribution < 1.29 is 142 Å². The van der Waals surface area contributed by atoms with Crippen molar-refractivity contribution in [3.05, 3.63) is 0 Å². The van der Waals surface area contributed by atoms with Crippen molar-refractivity contribution >= 4 is 0 Å². The van der Waals surface area contributed by atoms with Crippen LogP contribution in [0.1, 0.15) is 103 Å². The van der Waals surface area contributed by atoms with E-state index < -0.39 is 0 Å². The molecular formula is C75H152O30. The van der Waals surface area contributed by atoms with Crippen molar-refractivity contribution in [1.82, 2.24) is 0 Å². The molecule has 0 atom stereocenters. The van der Waals surface area contributed by atoms with Crippen LogP contribution in [0.5, 0.6) is 0 Å². The standard InChI is InChI=1S/C75H152O30/c1-2-3-4-5-6-7-8-9-10-11-12-13-14-15-16-18-77-20-22-79-24-26-81-28-30-83-32-34-85-36-38-87-40-42-89-44-46-91-48-50-93-52-54-95-56-58-97-60-62-99-64-66-101-68-70-103-72-74-105-75-73-104-71-69-102-67-65-100-63-61-98-59-57-96-55-53-94-51-49-92-47-45-90-43-41-88-39-37-86-35-33-84-31-29-82-27-25-80-23-21-78-19-17-76/h76H,2-75H2,1H3. The summed E-state index contributed by atoms with van der Waals surface area (Å²) in [6.07, 6.45) is 20.6. The second-order valence-corrected chi connectivity index (χ2v) is 23.4. The summed E-state index contributed by atoms with van der Waals surface area (Å²) in [5, 5.41) is 8.62. The van der Waals surface area contributed by atoms with Crippen LogP contribution in [-0.2, 0) is 137 Å². The smallest absolute Gasteiger partial charge is 0.0701 e. The topological polar surface area (TPSA) is 288 Å². The van der Waals surface area contributed by atoms with Crippen molar-refractivity contribution in [2.24, 2.45) is 0 Å². The largest absolute Gasteiger partial charge is 0.394 e. The molecule has 0 bridgehead atoms. The molecule has 0 heterocycles. The van der Waals surface area contributed by atoms with E-state index in [9.17, 15) is 0 Å². The highest BCUT2D eigenvalue weighted by Gasteiger charge is 2.03. The highest BCUT2D eigenvalue weighted by Crippen LogP contribution is 2.13. The number of ether oxygens (including phenoxy) is 29. The minimum Gasteiger partial charge on any atom is -0.394 e. The molecule has 0 aliphatic heterocycles. The van der Waals surface area contributed by atoms with E-state index in [4.69, 9.17) is 142 Å². The van der Waals surface area contributed by atoms with Crippen LogP contribution in [-0.4, -0.2) is 395 Å². The van der Waals surface area contributed by atoms with E-state index in [0.717, 1.165) is 13.0 Å². The fourth-order valence-electron chi connectivity index (χ4n) is 8.90. The number of aliphatic hydroxyl groups excluding tert-OH is 1. The molecule has 30 nitrogen and oxygen atoms in total. The summed E-state index contributed by atoms with van der Waals surface area (Å²) in [5.74, 6) is 0. The molecule has 0 saturated carbocycles. The molecule has 0 amide bonds. The fraction of sp³-hybridized carbons (Fsp3) is 1.00. The minimum atomic E-state index is 0.0169. The Morgan fingerprint density at radius 2 is 0.190 bits per heavy atom. The molecule has 0 aromatic heterocycles. The predicted molar refractivity (Wildman–Crippen MR) is 396 cm³/mol. The number of hydrogen-bond donors (Lipinski definition) is 1. The molecule has 0 saturated heterocycles. The summed E-state index contributed by atoms with van der Waals surface area (Å²) in [6, 6.07) is 0. The lowest BCUT2D eigenvalue weighted by atomic mass is 10.0. The van der Waals surface area contributed by atoms with Crippen molar-refractivity contribution in [2.45, 2.75) is 103 Å². The Morgan fingerprint density at radius 3 is 0.295 bits per heavy atom. The molecule has 0 aliphatic rings. The maximum Gasteiger partial charge on any atom is 0.0701 e. The van der Waals surface area contributed by atoms with E-state index in [1.807, 2.05) is 0 Å². The molecule has 632 valence electrons. The van der Waals surface area contributed by atoms with Crippen molar-refractivity contribution in [1.29, 1.82) is 0 Å². The predicted octanol–water partition coefficient (Wildman–Crippen LogP) is 6.33. The molecule has 0 radical (unpaired) electrons. The number of unbranched alkanes of at least 4 members (excludes halogenated alkanes) is 14. The normalized spacial score (nSPS) is 11.8. The molecule has 105 heavy (non-hydrogen) atoms. The number of hydrogen-bond acceptors (Lipinski definition) is 30. The molecule has 0 spiro atoms. The van der Waals surface area contributed by atoms with Crippen LogP contribution in [0.25, 0.3) is 0 Å². The summed E-state index contributed by atoms with van der Waals surface area (Å²) < 4.78 is 160. The Hall–Kier alpha value is -1.20. The Labute approximate surface area is 633 Å². The van der Waals surface area contributed by atoms with Gasteiger partial charge in [0.1, 0.15) is 0 Å². The summed E-state index contributed by atoms with van der Waals surface area (Å²) in [4.78, 5) is 0. The Kier molecular flexibility index (Phi) is 102. The number of aliphatic hydroxyl groups is 1. The maximum atomic E-state index is 8.62. The van der Waals surface area contributed by atoms with Gasteiger partial charge in [-0.2, -0.15) is 0 Å². The molecular weight excluding hydrogens is 1380 g/mol. The van der Waals surface area contributed by atoms with Gasteiger partial charge in [-0.3, -0.25) is 0 Å². The van der Waals surface area contributed by atoms with Crippen molar-refractivity contribution in [3.63, 3.8) is 0 Å². The van der Waals surface area contributed by atoms with E-state index in [-0.39, 0.29) is 6.61 Å². The van der Waals surface area contributed by atoms with Crippen LogP contribution in [0.3, 0.4) is 0 Å². The van der Waals surface area contributed by atoms with Crippen LogP contribution in [0.2, 0.25) is 0 Å². The Morgan fingerprint density at radius 1 is 0.105 bits per heavy atom. The van der Waals surface area contributed by atoms with Gasteiger partial charge in [-0.1, -0.05) is 96.8 Å². The van der Waals surface area contributed by atoms with Crippen molar-refractivity contribution in [2.75, 3.05) is 390 Å². The van der Waals surface area contributed by atoms with Gasteiger partial charge in [-0.05, 0) is 6.42 Å². The van der Waals surface area contributed by atoms with E-state index in [0.29, 0.717) is 377 Å². The molecule has 0 unspecified atom stereocenters. The van der Waals surface area contributed by atoms with Crippen LogP contribution in [0.4, 0.5) is 0 Å². The number of rotatable bonds is 102. The van der Waals surface area contributed by atoms with Gasteiger partial charge in [-0.25, -0.2) is 0 Å². The second kappa shape index (κ2) is 103. The van der Waals surface area contributed by atoms with Gasteiger partial charge >= 0.3 is 0 Å². The Bertz CT molecular complexity index is 1360. The first kappa shape index (κ1) is 104. The lowest BCUT2D eigenvalue weighted by Crippen LogP contribution is -2.16. The van der Waals surface area contributed by atoms with Gasteiger partial charge in [0.25, 0.3) is 0 Å². The minimum absolute atomic E-state index is 0.0169. The van der Waals surface area contributed by atoms with Crippen LogP contribution < -0.4 is 0 Å². The Balaban J connectivity index is 3.09. The molecule has 30 heteroatoms. The van der Waals surface area contributed by atoms with E-state index in [1.54, 1.807) is 0 Å². The fourth-order valence-corrected chi connectivity index (χ4v) is 8.90. The van der Waals surface area contributed by atoms with Gasteiger partial charge in [-0.15, -0.1) is 0 Å². The molecule has 0 fully saturated rings. The van der Waals surface area contributed by atoms with Crippen LogP contribution >= 0.6 is 0 Å². The highest BCUT2D eigenvalue weighted by atomic mass is 16.6. The van der Waals surface area contributed by atoms with Crippen LogP contribution in [0.15, 0.2) is 0 Å². The highest BCUT2D eigenvalue weighted by molar-refractivity contribution is 4.51. The first-order valence-corrected chi connectivity index (χ1v) is 39.8. The quantitative estimate of drug-likeness (QED) is 0.0651. The molecule has 0 rings (SSSR count). The third kappa shape index (κ3) is 103. The zero-order valence-electron chi connectivity index (χ0n) is 65.6. The maximum absolute atomic E-state index is 8.62. The van der Waals surface area contributed by atoms with Gasteiger partial charge in [0, 0.05) is 6.61 Å². The molecule has 1 N–H and O–H groups in total. The van der Waals surface area contributed by atoms with Gasteiger partial charge in [0.05, 0.1) is 383 Å². The molecule has 0 aliphatic carbocycles. The summed E-state index contributed by atoms with van der Waals surface area (Å²) >= 11 is 0. The first-order chi connectivity index (χ1) is 52.4. The van der Waals surface area contributed by atoms with Gasteiger partial charge < -0.3 is 142 Å².